The molecule has 27 heavy (non-hydrogen) atoms. The van der Waals surface area contributed by atoms with Crippen molar-refractivity contribution in [3.05, 3.63) is 60.2 Å². The molecule has 0 aromatic heterocycles. The number of nitrogens with zero attached hydrogens (tertiary/aromatic N) is 1. The highest BCUT2D eigenvalue weighted by Gasteiger charge is 2.35. The van der Waals surface area contributed by atoms with Gasteiger partial charge in [0.1, 0.15) is 0 Å². The molecule has 1 aliphatic rings. The molecular weight excluding hydrogens is 382 g/mol. The standard InChI is InChI=1S/C20H25NO4S2/c1-16(2)17-8-10-20(11-9-17)27(24,25)21-14-12-19(13-15-21)26(22,23)18-6-4-3-5-7-18/h3-11,16,19H,12-15H2,1-2H3. The van der Waals surface area contributed by atoms with E-state index in [-0.39, 0.29) is 18.0 Å². The van der Waals surface area contributed by atoms with Crippen molar-refractivity contribution in [3.8, 4) is 0 Å². The Kier molecular flexibility index (Phi) is 5.74. The molecule has 2 aromatic rings. The van der Waals surface area contributed by atoms with Gasteiger partial charge in [0.05, 0.1) is 15.0 Å². The first kappa shape index (κ1) is 20.0. The van der Waals surface area contributed by atoms with Gasteiger partial charge in [-0.15, -0.1) is 0 Å². The molecule has 0 spiro atoms. The van der Waals surface area contributed by atoms with Crippen LogP contribution in [-0.2, 0) is 19.9 Å². The van der Waals surface area contributed by atoms with Gasteiger partial charge in [0.25, 0.3) is 0 Å². The lowest BCUT2D eigenvalue weighted by molar-refractivity contribution is 0.345. The SMILES string of the molecule is CC(C)c1ccc(S(=O)(=O)N2CCC(S(=O)(=O)c3ccccc3)CC2)cc1. The van der Waals surface area contributed by atoms with Gasteiger partial charge < -0.3 is 0 Å². The van der Waals surface area contributed by atoms with E-state index in [4.69, 9.17) is 0 Å². The van der Waals surface area contributed by atoms with Gasteiger partial charge in [0.15, 0.2) is 9.84 Å². The van der Waals surface area contributed by atoms with Crippen molar-refractivity contribution in [2.45, 2.75) is 47.6 Å². The van der Waals surface area contributed by atoms with Crippen LogP contribution >= 0.6 is 0 Å². The summed E-state index contributed by atoms with van der Waals surface area (Å²) < 4.78 is 52.6. The molecule has 1 heterocycles. The van der Waals surface area contributed by atoms with Crippen molar-refractivity contribution >= 4 is 19.9 Å². The first-order valence-electron chi connectivity index (χ1n) is 9.12. The highest BCUT2D eigenvalue weighted by Crippen LogP contribution is 2.28. The van der Waals surface area contributed by atoms with Crippen molar-refractivity contribution < 1.29 is 16.8 Å². The molecule has 0 amide bonds. The Balaban J connectivity index is 1.73. The Hall–Kier alpha value is -1.70. The maximum Gasteiger partial charge on any atom is 0.243 e. The summed E-state index contributed by atoms with van der Waals surface area (Å²) in [6, 6.07) is 15.3. The van der Waals surface area contributed by atoms with Crippen molar-refractivity contribution in [2.24, 2.45) is 0 Å². The van der Waals surface area contributed by atoms with Crippen LogP contribution in [0.3, 0.4) is 0 Å². The Morgan fingerprint density at radius 2 is 1.37 bits per heavy atom. The smallest absolute Gasteiger partial charge is 0.223 e. The van der Waals surface area contributed by atoms with Gasteiger partial charge in [-0.1, -0.05) is 44.2 Å². The van der Waals surface area contributed by atoms with Crippen LogP contribution in [0.2, 0.25) is 0 Å². The lowest BCUT2D eigenvalue weighted by Crippen LogP contribution is -2.42. The van der Waals surface area contributed by atoms with Gasteiger partial charge in [-0.3, -0.25) is 0 Å². The van der Waals surface area contributed by atoms with Gasteiger partial charge in [0.2, 0.25) is 10.0 Å². The Morgan fingerprint density at radius 3 is 1.89 bits per heavy atom. The molecule has 146 valence electrons. The molecule has 0 N–H and O–H groups in total. The molecule has 0 aliphatic carbocycles. The van der Waals surface area contributed by atoms with Crippen molar-refractivity contribution in [1.82, 2.24) is 4.31 Å². The molecular formula is C20H25NO4S2. The number of rotatable bonds is 5. The number of piperidine rings is 1. The molecule has 0 unspecified atom stereocenters. The van der Waals surface area contributed by atoms with Crippen LogP contribution in [0, 0.1) is 0 Å². The molecule has 0 atom stereocenters. The van der Waals surface area contributed by atoms with E-state index < -0.39 is 25.1 Å². The third kappa shape index (κ3) is 4.10. The fourth-order valence-corrected chi connectivity index (χ4v) is 6.58. The van der Waals surface area contributed by atoms with E-state index in [0.29, 0.717) is 23.7 Å². The van der Waals surface area contributed by atoms with Gasteiger partial charge >= 0.3 is 0 Å². The molecule has 3 rings (SSSR count). The van der Waals surface area contributed by atoms with E-state index in [9.17, 15) is 16.8 Å². The summed E-state index contributed by atoms with van der Waals surface area (Å²) in [4.78, 5) is 0.562. The Bertz CT molecular complexity index is 974. The number of sulfonamides is 1. The minimum atomic E-state index is -3.60. The van der Waals surface area contributed by atoms with Crippen LogP contribution < -0.4 is 0 Å². The Labute approximate surface area is 162 Å². The maximum absolute atomic E-state index is 12.9. The van der Waals surface area contributed by atoms with E-state index in [1.54, 1.807) is 42.5 Å². The van der Waals surface area contributed by atoms with Crippen LogP contribution in [-0.4, -0.2) is 39.5 Å². The first-order chi connectivity index (χ1) is 12.7. The summed E-state index contributed by atoms with van der Waals surface area (Å²) in [5, 5.41) is -0.547. The second-order valence-electron chi connectivity index (χ2n) is 7.19. The number of hydrogen-bond acceptors (Lipinski definition) is 4. The minimum Gasteiger partial charge on any atom is -0.223 e. The monoisotopic (exact) mass is 407 g/mol. The highest BCUT2D eigenvalue weighted by molar-refractivity contribution is 7.92. The lowest BCUT2D eigenvalue weighted by atomic mass is 10.0. The summed E-state index contributed by atoms with van der Waals surface area (Å²) in [5.74, 6) is 0.334. The number of hydrogen-bond donors (Lipinski definition) is 0. The third-order valence-electron chi connectivity index (χ3n) is 5.10. The topological polar surface area (TPSA) is 71.5 Å². The average molecular weight is 408 g/mol. The molecule has 1 saturated heterocycles. The molecule has 5 nitrogen and oxygen atoms in total. The van der Waals surface area contributed by atoms with Gasteiger partial charge in [-0.2, -0.15) is 4.31 Å². The average Bonchev–Trinajstić information content (AvgIpc) is 2.69. The quantitative estimate of drug-likeness (QED) is 0.761. The molecule has 1 fully saturated rings. The van der Waals surface area contributed by atoms with E-state index >= 15 is 0 Å². The molecule has 7 heteroatoms. The van der Waals surface area contributed by atoms with E-state index in [1.807, 2.05) is 12.1 Å². The summed E-state index contributed by atoms with van der Waals surface area (Å²) in [6.07, 6.45) is 0.612. The van der Waals surface area contributed by atoms with Crippen LogP contribution in [0.25, 0.3) is 0 Å². The van der Waals surface area contributed by atoms with Crippen LogP contribution in [0.1, 0.15) is 38.2 Å². The molecule has 0 bridgehead atoms. The largest absolute Gasteiger partial charge is 0.243 e. The summed E-state index contributed by atoms with van der Waals surface area (Å²) in [5.41, 5.74) is 1.08. The summed E-state index contributed by atoms with van der Waals surface area (Å²) in [7, 11) is -7.03. The molecule has 2 aromatic carbocycles. The van der Waals surface area contributed by atoms with Gasteiger partial charge in [-0.25, -0.2) is 16.8 Å². The van der Waals surface area contributed by atoms with E-state index in [1.165, 1.54) is 4.31 Å². The predicted molar refractivity (Wildman–Crippen MR) is 106 cm³/mol. The van der Waals surface area contributed by atoms with Crippen molar-refractivity contribution in [1.29, 1.82) is 0 Å². The zero-order valence-electron chi connectivity index (χ0n) is 15.6. The van der Waals surface area contributed by atoms with Crippen molar-refractivity contribution in [2.75, 3.05) is 13.1 Å². The second-order valence-corrected chi connectivity index (χ2v) is 11.4. The molecule has 0 radical (unpaired) electrons. The fourth-order valence-electron chi connectivity index (χ4n) is 3.36. The highest BCUT2D eigenvalue weighted by atomic mass is 32.2. The number of sulfone groups is 1. The zero-order chi connectivity index (χ0) is 19.7. The van der Waals surface area contributed by atoms with Crippen LogP contribution in [0.15, 0.2) is 64.4 Å². The van der Waals surface area contributed by atoms with E-state index in [2.05, 4.69) is 13.8 Å². The summed E-state index contributed by atoms with van der Waals surface area (Å²) in [6.45, 7) is 4.54. The van der Waals surface area contributed by atoms with Gasteiger partial charge in [0, 0.05) is 13.1 Å². The predicted octanol–water partition coefficient (Wildman–Crippen LogP) is 3.44. The van der Waals surface area contributed by atoms with Gasteiger partial charge in [-0.05, 0) is 48.6 Å². The fraction of sp³-hybridized carbons (Fsp3) is 0.400. The second kappa shape index (κ2) is 7.73. The summed E-state index contributed by atoms with van der Waals surface area (Å²) >= 11 is 0. The zero-order valence-corrected chi connectivity index (χ0v) is 17.2. The normalized spacial score (nSPS) is 17.3. The minimum absolute atomic E-state index is 0.213. The molecule has 1 aliphatic heterocycles. The Morgan fingerprint density at radius 1 is 0.815 bits per heavy atom. The number of benzene rings is 2. The van der Waals surface area contributed by atoms with Crippen LogP contribution in [0.5, 0.6) is 0 Å². The van der Waals surface area contributed by atoms with E-state index in [0.717, 1.165) is 5.56 Å². The van der Waals surface area contributed by atoms with Crippen molar-refractivity contribution in [3.63, 3.8) is 0 Å². The van der Waals surface area contributed by atoms with Crippen LogP contribution in [0.4, 0.5) is 0 Å². The lowest BCUT2D eigenvalue weighted by Gasteiger charge is -2.31. The maximum atomic E-state index is 12.9. The third-order valence-corrected chi connectivity index (χ3v) is 9.29. The first-order valence-corrected chi connectivity index (χ1v) is 12.1. The molecule has 0 saturated carbocycles.